The van der Waals surface area contributed by atoms with Crippen LogP contribution in [-0.2, 0) is 4.74 Å². The number of hydrogen-bond donors (Lipinski definition) is 1. The molecule has 0 fully saturated rings. The minimum Gasteiger partial charge on any atom is -0.492 e. The monoisotopic (exact) mass is 266 g/mol. The number of nitrogens with two attached hydrogens (primary N) is 1. The molecule has 0 unspecified atom stereocenters. The Balaban J connectivity index is 2.68. The standard InChI is InChI=1S/C14H22N2O3/c1-4-19-13-7-6-11(10-12(13)15)14(17)16(2)8-5-9-18-3/h6-7,10H,4-5,8-9,15H2,1-3H3. The number of methoxy groups -OCH3 is 1. The van der Waals surface area contributed by atoms with Gasteiger partial charge in [0.05, 0.1) is 12.3 Å². The number of carbonyl (C=O) groups is 1. The van der Waals surface area contributed by atoms with E-state index in [9.17, 15) is 4.79 Å². The largest absolute Gasteiger partial charge is 0.492 e. The summed E-state index contributed by atoms with van der Waals surface area (Å²) in [6, 6.07) is 5.12. The zero-order chi connectivity index (χ0) is 14.3. The van der Waals surface area contributed by atoms with Crippen LogP contribution in [0.3, 0.4) is 0 Å². The zero-order valence-corrected chi connectivity index (χ0v) is 11.8. The fourth-order valence-electron chi connectivity index (χ4n) is 1.74. The second-order valence-corrected chi connectivity index (χ2v) is 4.26. The number of ether oxygens (including phenoxy) is 2. The average molecular weight is 266 g/mol. The maximum absolute atomic E-state index is 12.1. The third-order valence-corrected chi connectivity index (χ3v) is 2.75. The van der Waals surface area contributed by atoms with Gasteiger partial charge in [-0.05, 0) is 31.5 Å². The summed E-state index contributed by atoms with van der Waals surface area (Å²) in [6.45, 7) is 3.74. The second-order valence-electron chi connectivity index (χ2n) is 4.26. The number of hydrogen-bond acceptors (Lipinski definition) is 4. The van der Waals surface area contributed by atoms with E-state index in [0.29, 0.717) is 36.8 Å². The Morgan fingerprint density at radius 3 is 2.74 bits per heavy atom. The first kappa shape index (κ1) is 15.3. The van der Waals surface area contributed by atoms with Crippen molar-refractivity contribution in [1.82, 2.24) is 4.90 Å². The molecule has 0 radical (unpaired) electrons. The number of benzene rings is 1. The predicted octanol–water partition coefficient (Wildman–Crippen LogP) is 1.78. The number of nitrogen functional groups attached to an aromatic ring is 1. The van der Waals surface area contributed by atoms with E-state index < -0.39 is 0 Å². The molecule has 0 aromatic heterocycles. The van der Waals surface area contributed by atoms with Crippen LogP contribution < -0.4 is 10.5 Å². The maximum Gasteiger partial charge on any atom is 0.253 e. The number of rotatable bonds is 7. The number of amides is 1. The van der Waals surface area contributed by atoms with Crippen LogP contribution in [0.15, 0.2) is 18.2 Å². The zero-order valence-electron chi connectivity index (χ0n) is 11.8. The Bertz CT molecular complexity index is 421. The van der Waals surface area contributed by atoms with Crippen molar-refractivity contribution >= 4 is 11.6 Å². The Labute approximate surface area is 114 Å². The van der Waals surface area contributed by atoms with Crippen LogP contribution in [0.2, 0.25) is 0 Å². The van der Waals surface area contributed by atoms with Gasteiger partial charge >= 0.3 is 0 Å². The summed E-state index contributed by atoms with van der Waals surface area (Å²) in [5.74, 6) is 0.562. The molecule has 5 heteroatoms. The van der Waals surface area contributed by atoms with E-state index in [1.54, 1.807) is 37.3 Å². The van der Waals surface area contributed by atoms with Crippen LogP contribution in [0.25, 0.3) is 0 Å². The third-order valence-electron chi connectivity index (χ3n) is 2.75. The molecule has 0 bridgehead atoms. The Hall–Kier alpha value is -1.75. The van der Waals surface area contributed by atoms with Crippen molar-refractivity contribution in [1.29, 1.82) is 0 Å². The average Bonchev–Trinajstić information content (AvgIpc) is 2.40. The smallest absolute Gasteiger partial charge is 0.253 e. The summed E-state index contributed by atoms with van der Waals surface area (Å²) in [5.41, 5.74) is 6.91. The molecule has 2 N–H and O–H groups in total. The fourth-order valence-corrected chi connectivity index (χ4v) is 1.74. The van der Waals surface area contributed by atoms with Crippen LogP contribution in [0.1, 0.15) is 23.7 Å². The minimum atomic E-state index is -0.0501. The molecule has 0 spiro atoms. The van der Waals surface area contributed by atoms with E-state index in [2.05, 4.69) is 0 Å². The van der Waals surface area contributed by atoms with Gasteiger partial charge in [0.2, 0.25) is 0 Å². The van der Waals surface area contributed by atoms with Gasteiger partial charge in [0.25, 0.3) is 5.91 Å². The lowest BCUT2D eigenvalue weighted by Gasteiger charge is -2.17. The van der Waals surface area contributed by atoms with Crippen molar-refractivity contribution in [2.75, 3.05) is 39.6 Å². The van der Waals surface area contributed by atoms with Gasteiger partial charge in [-0.25, -0.2) is 0 Å². The van der Waals surface area contributed by atoms with E-state index >= 15 is 0 Å². The molecule has 0 aliphatic carbocycles. The van der Waals surface area contributed by atoms with Gasteiger partial charge in [-0.2, -0.15) is 0 Å². The van der Waals surface area contributed by atoms with Crippen LogP contribution >= 0.6 is 0 Å². The van der Waals surface area contributed by atoms with Crippen molar-refractivity contribution < 1.29 is 14.3 Å². The summed E-state index contributed by atoms with van der Waals surface area (Å²) in [5, 5.41) is 0. The van der Waals surface area contributed by atoms with Gasteiger partial charge in [-0.15, -0.1) is 0 Å². The SMILES string of the molecule is CCOc1ccc(C(=O)N(C)CCCOC)cc1N. The quantitative estimate of drug-likeness (QED) is 0.603. The summed E-state index contributed by atoms with van der Waals surface area (Å²) < 4.78 is 10.3. The maximum atomic E-state index is 12.1. The highest BCUT2D eigenvalue weighted by Gasteiger charge is 2.13. The number of carbonyl (C=O) groups excluding carboxylic acids is 1. The highest BCUT2D eigenvalue weighted by Crippen LogP contribution is 2.23. The normalized spacial score (nSPS) is 10.3. The van der Waals surface area contributed by atoms with E-state index in [-0.39, 0.29) is 5.91 Å². The Morgan fingerprint density at radius 2 is 2.16 bits per heavy atom. The fraction of sp³-hybridized carbons (Fsp3) is 0.500. The lowest BCUT2D eigenvalue weighted by molar-refractivity contribution is 0.0779. The van der Waals surface area contributed by atoms with Crippen molar-refractivity contribution in [2.45, 2.75) is 13.3 Å². The molecule has 19 heavy (non-hydrogen) atoms. The lowest BCUT2D eigenvalue weighted by atomic mass is 10.1. The van der Waals surface area contributed by atoms with Crippen molar-refractivity contribution in [3.8, 4) is 5.75 Å². The molecular formula is C14H22N2O3. The van der Waals surface area contributed by atoms with Gasteiger partial charge < -0.3 is 20.1 Å². The number of nitrogens with zero attached hydrogens (tertiary/aromatic N) is 1. The van der Waals surface area contributed by atoms with Gasteiger partial charge in [0.1, 0.15) is 5.75 Å². The minimum absolute atomic E-state index is 0.0501. The van der Waals surface area contributed by atoms with Crippen LogP contribution in [-0.4, -0.2) is 44.7 Å². The van der Waals surface area contributed by atoms with Gasteiger partial charge in [0.15, 0.2) is 0 Å². The highest BCUT2D eigenvalue weighted by molar-refractivity contribution is 5.95. The third kappa shape index (κ3) is 4.44. The molecule has 106 valence electrons. The van der Waals surface area contributed by atoms with Crippen molar-refractivity contribution in [2.24, 2.45) is 0 Å². The van der Waals surface area contributed by atoms with E-state index in [1.165, 1.54) is 0 Å². The van der Waals surface area contributed by atoms with Gasteiger partial charge in [0, 0.05) is 32.9 Å². The summed E-state index contributed by atoms with van der Waals surface area (Å²) in [6.07, 6.45) is 0.811. The lowest BCUT2D eigenvalue weighted by Crippen LogP contribution is -2.28. The van der Waals surface area contributed by atoms with Crippen LogP contribution in [0, 0.1) is 0 Å². The first-order valence-electron chi connectivity index (χ1n) is 6.36. The van der Waals surface area contributed by atoms with Crippen LogP contribution in [0.4, 0.5) is 5.69 Å². The Kier molecular flexibility index (Phi) is 6.15. The molecule has 1 amide bonds. The first-order valence-corrected chi connectivity index (χ1v) is 6.36. The molecule has 1 rings (SSSR count). The van der Waals surface area contributed by atoms with Crippen molar-refractivity contribution in [3.05, 3.63) is 23.8 Å². The predicted molar refractivity (Wildman–Crippen MR) is 75.5 cm³/mol. The van der Waals surface area contributed by atoms with E-state index in [4.69, 9.17) is 15.2 Å². The molecule has 0 saturated heterocycles. The highest BCUT2D eigenvalue weighted by atomic mass is 16.5. The molecule has 0 aliphatic heterocycles. The molecule has 0 aliphatic rings. The summed E-state index contributed by atoms with van der Waals surface area (Å²) in [7, 11) is 3.42. The van der Waals surface area contributed by atoms with Crippen molar-refractivity contribution in [3.63, 3.8) is 0 Å². The van der Waals surface area contributed by atoms with Crippen LogP contribution in [0.5, 0.6) is 5.75 Å². The Morgan fingerprint density at radius 1 is 1.42 bits per heavy atom. The molecule has 0 saturated carbocycles. The molecule has 5 nitrogen and oxygen atoms in total. The van der Waals surface area contributed by atoms with Gasteiger partial charge in [-0.3, -0.25) is 4.79 Å². The molecule has 0 atom stereocenters. The first-order chi connectivity index (χ1) is 9.10. The molecule has 1 aromatic carbocycles. The molecule has 0 heterocycles. The summed E-state index contributed by atoms with van der Waals surface area (Å²) in [4.78, 5) is 13.8. The molecule has 1 aromatic rings. The van der Waals surface area contributed by atoms with E-state index in [0.717, 1.165) is 6.42 Å². The summed E-state index contributed by atoms with van der Waals surface area (Å²) >= 11 is 0. The molecular weight excluding hydrogens is 244 g/mol. The number of anilines is 1. The van der Waals surface area contributed by atoms with E-state index in [1.807, 2.05) is 6.92 Å². The van der Waals surface area contributed by atoms with Gasteiger partial charge in [-0.1, -0.05) is 0 Å². The topological polar surface area (TPSA) is 64.8 Å². The second kappa shape index (κ2) is 7.63.